The van der Waals surface area contributed by atoms with Crippen LogP contribution in [-0.2, 0) is 0 Å². The van der Waals surface area contributed by atoms with Crippen molar-refractivity contribution in [3.8, 4) is 6.07 Å². The number of hydrogen-bond acceptors (Lipinski definition) is 2. The number of pyridine rings is 1. The Bertz CT molecular complexity index is 330. The lowest BCUT2D eigenvalue weighted by Gasteiger charge is -2.02. The molecule has 0 saturated carbocycles. The molecule has 1 aromatic heterocycles. The number of halogens is 2. The summed E-state index contributed by atoms with van der Waals surface area (Å²) >= 11 is 11.3. The normalized spacial score (nSPS) is 12.2. The van der Waals surface area contributed by atoms with Crippen LogP contribution in [0.4, 0.5) is 0 Å². The van der Waals surface area contributed by atoms with E-state index >= 15 is 0 Å². The number of nitrogens with zero attached hydrogens (tertiary/aromatic N) is 2. The van der Waals surface area contributed by atoms with Gasteiger partial charge in [0.2, 0.25) is 0 Å². The molecule has 0 saturated heterocycles. The van der Waals surface area contributed by atoms with Crippen LogP contribution in [0.2, 0.25) is 10.2 Å². The van der Waals surface area contributed by atoms with Crippen molar-refractivity contribution in [1.29, 1.82) is 5.26 Å². The van der Waals surface area contributed by atoms with Gasteiger partial charge < -0.3 is 0 Å². The van der Waals surface area contributed by atoms with Crippen LogP contribution in [0.5, 0.6) is 0 Å². The molecule has 1 rings (SSSR count). The lowest BCUT2D eigenvalue weighted by atomic mass is 10.1. The minimum Gasteiger partial charge on any atom is -0.243 e. The molecule has 1 aromatic rings. The molecule has 0 aliphatic rings. The SMILES string of the molecule is CC(C#N)c1cnc(Cl)c(Cl)c1. The summed E-state index contributed by atoms with van der Waals surface area (Å²) in [6, 6.07) is 3.74. The molecule has 62 valence electrons. The number of hydrogen-bond donors (Lipinski definition) is 0. The molecule has 0 bridgehead atoms. The zero-order valence-electron chi connectivity index (χ0n) is 6.38. The van der Waals surface area contributed by atoms with Crippen molar-refractivity contribution in [2.24, 2.45) is 0 Å². The highest BCUT2D eigenvalue weighted by Gasteiger charge is 2.06. The maximum atomic E-state index is 8.59. The van der Waals surface area contributed by atoms with Crippen molar-refractivity contribution < 1.29 is 0 Å². The molecular weight excluding hydrogens is 195 g/mol. The van der Waals surface area contributed by atoms with Crippen LogP contribution in [0, 0.1) is 11.3 Å². The largest absolute Gasteiger partial charge is 0.243 e. The molecule has 1 unspecified atom stereocenters. The Balaban J connectivity index is 3.06. The second-order valence-electron chi connectivity index (χ2n) is 2.39. The van der Waals surface area contributed by atoms with E-state index in [0.29, 0.717) is 5.02 Å². The number of aromatic nitrogens is 1. The first-order valence-corrected chi connectivity index (χ1v) is 4.11. The first-order valence-electron chi connectivity index (χ1n) is 3.35. The Labute approximate surface area is 80.7 Å². The van der Waals surface area contributed by atoms with Crippen LogP contribution in [0.25, 0.3) is 0 Å². The van der Waals surface area contributed by atoms with Gasteiger partial charge in [0.1, 0.15) is 5.15 Å². The molecule has 0 aromatic carbocycles. The van der Waals surface area contributed by atoms with Gasteiger partial charge in [-0.3, -0.25) is 0 Å². The quantitative estimate of drug-likeness (QED) is 0.654. The van der Waals surface area contributed by atoms with Gasteiger partial charge in [0, 0.05) is 6.20 Å². The molecule has 0 fully saturated rings. The van der Waals surface area contributed by atoms with Crippen molar-refractivity contribution >= 4 is 23.2 Å². The van der Waals surface area contributed by atoms with Gasteiger partial charge in [-0.05, 0) is 18.6 Å². The molecule has 0 radical (unpaired) electrons. The van der Waals surface area contributed by atoms with E-state index in [1.165, 1.54) is 0 Å². The molecule has 2 nitrogen and oxygen atoms in total. The third-order valence-corrected chi connectivity index (χ3v) is 2.20. The van der Waals surface area contributed by atoms with Crippen molar-refractivity contribution in [2.45, 2.75) is 12.8 Å². The maximum absolute atomic E-state index is 8.59. The van der Waals surface area contributed by atoms with Gasteiger partial charge in [-0.25, -0.2) is 4.98 Å². The Morgan fingerprint density at radius 3 is 2.75 bits per heavy atom. The average Bonchev–Trinajstić information content (AvgIpc) is 2.08. The van der Waals surface area contributed by atoms with E-state index in [1.807, 2.05) is 0 Å². The molecule has 1 atom stereocenters. The molecule has 0 aliphatic heterocycles. The van der Waals surface area contributed by atoms with Gasteiger partial charge in [-0.2, -0.15) is 5.26 Å². The maximum Gasteiger partial charge on any atom is 0.147 e. The fourth-order valence-corrected chi connectivity index (χ4v) is 1.03. The van der Waals surface area contributed by atoms with Crippen LogP contribution >= 0.6 is 23.2 Å². The Morgan fingerprint density at radius 2 is 2.25 bits per heavy atom. The molecule has 0 aliphatic carbocycles. The number of nitriles is 1. The Kier molecular flexibility index (Phi) is 2.91. The van der Waals surface area contributed by atoms with Crippen LogP contribution < -0.4 is 0 Å². The lowest BCUT2D eigenvalue weighted by molar-refractivity contribution is 0.967. The van der Waals surface area contributed by atoms with Gasteiger partial charge in [0.25, 0.3) is 0 Å². The summed E-state index contributed by atoms with van der Waals surface area (Å²) in [5, 5.41) is 9.25. The smallest absolute Gasteiger partial charge is 0.147 e. The van der Waals surface area contributed by atoms with E-state index in [9.17, 15) is 0 Å². The highest BCUT2D eigenvalue weighted by Crippen LogP contribution is 2.23. The summed E-state index contributed by atoms with van der Waals surface area (Å²) in [4.78, 5) is 3.83. The average molecular weight is 201 g/mol. The predicted octanol–water partition coefficient (Wildman–Crippen LogP) is 3.02. The first-order chi connectivity index (χ1) is 5.65. The zero-order valence-corrected chi connectivity index (χ0v) is 7.89. The molecule has 0 spiro atoms. The second kappa shape index (κ2) is 3.75. The summed E-state index contributed by atoms with van der Waals surface area (Å²) in [6.45, 7) is 1.78. The van der Waals surface area contributed by atoms with Crippen molar-refractivity contribution in [1.82, 2.24) is 4.98 Å². The van der Waals surface area contributed by atoms with Crippen molar-refractivity contribution in [3.05, 3.63) is 28.0 Å². The summed E-state index contributed by atoms with van der Waals surface area (Å²) in [7, 11) is 0. The third-order valence-electron chi connectivity index (χ3n) is 1.51. The number of rotatable bonds is 1. The molecule has 0 N–H and O–H groups in total. The van der Waals surface area contributed by atoms with E-state index in [4.69, 9.17) is 28.5 Å². The van der Waals surface area contributed by atoms with Crippen molar-refractivity contribution in [3.63, 3.8) is 0 Å². The first kappa shape index (κ1) is 9.31. The summed E-state index contributed by atoms with van der Waals surface area (Å²) in [6.07, 6.45) is 1.56. The minimum absolute atomic E-state index is 0.202. The fourth-order valence-electron chi connectivity index (χ4n) is 0.747. The fraction of sp³-hybridized carbons (Fsp3) is 0.250. The summed E-state index contributed by atoms with van der Waals surface area (Å²) < 4.78 is 0. The van der Waals surface area contributed by atoms with E-state index < -0.39 is 0 Å². The lowest BCUT2D eigenvalue weighted by Crippen LogP contribution is -1.90. The highest BCUT2D eigenvalue weighted by molar-refractivity contribution is 6.41. The van der Waals surface area contributed by atoms with Crippen LogP contribution in [-0.4, -0.2) is 4.98 Å². The second-order valence-corrected chi connectivity index (χ2v) is 3.16. The predicted molar refractivity (Wildman–Crippen MR) is 48.3 cm³/mol. The van der Waals surface area contributed by atoms with E-state index in [1.54, 1.807) is 19.2 Å². The highest BCUT2D eigenvalue weighted by atomic mass is 35.5. The Morgan fingerprint density at radius 1 is 1.58 bits per heavy atom. The topological polar surface area (TPSA) is 36.7 Å². The minimum atomic E-state index is -0.202. The van der Waals surface area contributed by atoms with Gasteiger partial charge in [-0.1, -0.05) is 23.2 Å². The molecular formula is C8H6Cl2N2. The zero-order chi connectivity index (χ0) is 9.14. The Hall–Kier alpha value is -0.780. The van der Waals surface area contributed by atoms with Gasteiger partial charge in [0.15, 0.2) is 0 Å². The van der Waals surface area contributed by atoms with Crippen LogP contribution in [0.3, 0.4) is 0 Å². The van der Waals surface area contributed by atoms with Gasteiger partial charge in [-0.15, -0.1) is 0 Å². The molecule has 12 heavy (non-hydrogen) atoms. The van der Waals surface area contributed by atoms with Crippen LogP contribution in [0.15, 0.2) is 12.3 Å². The standard InChI is InChI=1S/C8H6Cl2N2/c1-5(3-11)6-2-7(9)8(10)12-4-6/h2,4-5H,1H3. The third kappa shape index (κ3) is 1.88. The van der Waals surface area contributed by atoms with Crippen molar-refractivity contribution in [2.75, 3.05) is 0 Å². The summed E-state index contributed by atoms with van der Waals surface area (Å²) in [5.41, 5.74) is 0.784. The summed E-state index contributed by atoms with van der Waals surface area (Å²) in [5.74, 6) is -0.202. The molecule has 1 heterocycles. The van der Waals surface area contributed by atoms with Gasteiger partial charge >= 0.3 is 0 Å². The molecule has 4 heteroatoms. The monoisotopic (exact) mass is 200 g/mol. The van der Waals surface area contributed by atoms with E-state index in [-0.39, 0.29) is 11.1 Å². The molecule has 0 amide bonds. The van der Waals surface area contributed by atoms with Gasteiger partial charge in [0.05, 0.1) is 17.0 Å². The van der Waals surface area contributed by atoms with Crippen LogP contribution in [0.1, 0.15) is 18.4 Å². The van der Waals surface area contributed by atoms with E-state index in [0.717, 1.165) is 5.56 Å². The van der Waals surface area contributed by atoms with E-state index in [2.05, 4.69) is 11.1 Å².